The zero-order chi connectivity index (χ0) is 24.3. The number of aliphatic carboxylic acids is 1. The van der Waals surface area contributed by atoms with Crippen LogP contribution in [0.4, 0.5) is 0 Å². The molecule has 0 spiro atoms. The Bertz CT molecular complexity index is 1480. The average molecular weight is 493 g/mol. The van der Waals surface area contributed by atoms with Gasteiger partial charge in [-0.25, -0.2) is 15.0 Å². The van der Waals surface area contributed by atoms with Crippen molar-refractivity contribution in [3.63, 3.8) is 0 Å². The predicted octanol–water partition coefficient (Wildman–Crippen LogP) is 4.44. The van der Waals surface area contributed by atoms with E-state index in [1.165, 1.54) is 0 Å². The summed E-state index contributed by atoms with van der Waals surface area (Å²) in [5, 5.41) is 14.7. The topological polar surface area (TPSA) is 126 Å². The smallest absolute Gasteiger partial charge is 0.308 e. The molecule has 3 N–H and O–H groups in total. The molecule has 4 heterocycles. The summed E-state index contributed by atoms with van der Waals surface area (Å²) in [6.07, 6.45) is 11.6. The fraction of sp³-hybridized carbons (Fsp3) is 0.400. The molecule has 2 aliphatic rings. The normalized spacial score (nSPS) is 24.1. The van der Waals surface area contributed by atoms with Gasteiger partial charge in [-0.3, -0.25) is 9.59 Å². The summed E-state index contributed by atoms with van der Waals surface area (Å²) in [5.74, 6) is -0.438. The SMILES string of the molecule is CNC(=O)c1cn([C@H]2C3CCCC(C3)C[C@@H]2C(=O)O)c2nc(-c3c[nH]c4ncc(Cl)cc34)ncc12. The Hall–Kier alpha value is -3.46. The van der Waals surface area contributed by atoms with Crippen LogP contribution in [0.25, 0.3) is 33.5 Å². The second-order valence-electron chi connectivity index (χ2n) is 9.68. The van der Waals surface area contributed by atoms with Crippen LogP contribution in [0.3, 0.4) is 0 Å². The maximum Gasteiger partial charge on any atom is 0.308 e. The number of pyridine rings is 1. The third-order valence-corrected chi connectivity index (χ3v) is 7.93. The number of aromatic nitrogens is 5. The summed E-state index contributed by atoms with van der Waals surface area (Å²) in [6.45, 7) is 0. The number of H-pyrrole nitrogens is 1. The highest BCUT2D eigenvalue weighted by Crippen LogP contribution is 2.49. The number of rotatable bonds is 4. The first-order chi connectivity index (χ1) is 16.9. The molecule has 0 saturated heterocycles. The van der Waals surface area contributed by atoms with Crippen molar-refractivity contribution in [1.29, 1.82) is 0 Å². The fourth-order valence-corrected chi connectivity index (χ4v) is 6.37. The Kier molecular flexibility index (Phi) is 5.25. The van der Waals surface area contributed by atoms with Gasteiger partial charge in [-0.15, -0.1) is 0 Å². The van der Waals surface area contributed by atoms with Gasteiger partial charge < -0.3 is 20.0 Å². The van der Waals surface area contributed by atoms with E-state index in [0.29, 0.717) is 45.4 Å². The Morgan fingerprint density at radius 2 is 2.06 bits per heavy atom. The minimum Gasteiger partial charge on any atom is -0.481 e. The van der Waals surface area contributed by atoms with Crippen LogP contribution in [0.1, 0.15) is 48.5 Å². The van der Waals surface area contributed by atoms with E-state index in [-0.39, 0.29) is 17.9 Å². The summed E-state index contributed by atoms with van der Waals surface area (Å²) in [4.78, 5) is 42.0. The molecule has 2 aliphatic carbocycles. The quantitative estimate of drug-likeness (QED) is 0.386. The molecule has 1 amide bonds. The minimum absolute atomic E-state index is 0.228. The van der Waals surface area contributed by atoms with Crippen LogP contribution in [0.2, 0.25) is 5.02 Å². The molecular weight excluding hydrogens is 468 g/mol. The number of nitrogens with one attached hydrogen (secondary N) is 2. The summed E-state index contributed by atoms with van der Waals surface area (Å²) in [5.41, 5.74) is 2.42. The summed E-state index contributed by atoms with van der Waals surface area (Å²) >= 11 is 6.18. The maximum atomic E-state index is 12.8. The second-order valence-corrected chi connectivity index (χ2v) is 10.1. The lowest BCUT2D eigenvalue weighted by atomic mass is 9.65. The number of nitrogens with zero attached hydrogens (tertiary/aromatic N) is 4. The molecule has 10 heteroatoms. The van der Waals surface area contributed by atoms with Crippen molar-refractivity contribution in [1.82, 2.24) is 29.8 Å². The van der Waals surface area contributed by atoms with Gasteiger partial charge in [0.2, 0.25) is 0 Å². The van der Waals surface area contributed by atoms with Gasteiger partial charge in [-0.05, 0) is 37.2 Å². The number of fused-ring (bicyclic) bond motifs is 4. The van der Waals surface area contributed by atoms with Gasteiger partial charge in [-0.2, -0.15) is 0 Å². The number of carboxylic acids is 1. The molecule has 4 atom stereocenters. The Labute approximate surface area is 205 Å². The number of carbonyl (C=O) groups is 2. The lowest BCUT2D eigenvalue weighted by Gasteiger charge is -2.44. The lowest BCUT2D eigenvalue weighted by molar-refractivity contribution is -0.147. The highest BCUT2D eigenvalue weighted by molar-refractivity contribution is 6.31. The van der Waals surface area contributed by atoms with Gasteiger partial charge >= 0.3 is 5.97 Å². The first kappa shape index (κ1) is 22.0. The number of carbonyl (C=O) groups excluding carboxylic acids is 1. The third-order valence-electron chi connectivity index (χ3n) is 7.73. The van der Waals surface area contributed by atoms with E-state index >= 15 is 0 Å². The van der Waals surface area contributed by atoms with Crippen molar-refractivity contribution in [2.75, 3.05) is 7.05 Å². The molecule has 35 heavy (non-hydrogen) atoms. The number of carboxylic acid groups (broad SMARTS) is 1. The molecule has 2 bridgehead atoms. The Morgan fingerprint density at radius 3 is 2.86 bits per heavy atom. The van der Waals surface area contributed by atoms with E-state index in [4.69, 9.17) is 16.6 Å². The molecule has 0 aromatic carbocycles. The van der Waals surface area contributed by atoms with Crippen LogP contribution in [0.15, 0.2) is 30.9 Å². The van der Waals surface area contributed by atoms with Crippen LogP contribution in [-0.2, 0) is 4.79 Å². The summed E-state index contributed by atoms with van der Waals surface area (Å²) < 4.78 is 1.94. The maximum absolute atomic E-state index is 12.8. The molecular formula is C25H25ClN6O3. The highest BCUT2D eigenvalue weighted by atomic mass is 35.5. The molecule has 2 unspecified atom stereocenters. The number of aromatic amines is 1. The fourth-order valence-electron chi connectivity index (χ4n) is 6.22. The average Bonchev–Trinajstić information content (AvgIpc) is 3.44. The van der Waals surface area contributed by atoms with Gasteiger partial charge in [-0.1, -0.05) is 24.4 Å². The van der Waals surface area contributed by atoms with Crippen molar-refractivity contribution in [2.45, 2.75) is 38.1 Å². The van der Waals surface area contributed by atoms with Crippen LogP contribution in [0.5, 0.6) is 0 Å². The zero-order valence-electron chi connectivity index (χ0n) is 19.2. The monoisotopic (exact) mass is 492 g/mol. The standard InChI is InChI=1S/C25H25ClN6O3/c1-27-24(33)19-11-32(20-13-4-2-3-12(5-13)6-16(20)25(34)35)23-18(19)10-30-22(31-23)17-9-29-21-15(17)7-14(26)8-28-21/h7-13,16,20H,2-6H2,1H3,(H,27,33)(H,28,29)(H,34,35)/t12?,13?,16-,20-/m0/s1. The highest BCUT2D eigenvalue weighted by Gasteiger charge is 2.45. The molecule has 0 aliphatic heterocycles. The van der Waals surface area contributed by atoms with Crippen molar-refractivity contribution in [2.24, 2.45) is 17.8 Å². The molecule has 2 saturated carbocycles. The van der Waals surface area contributed by atoms with E-state index < -0.39 is 11.9 Å². The van der Waals surface area contributed by atoms with Crippen molar-refractivity contribution in [3.05, 3.63) is 41.4 Å². The molecule has 180 valence electrons. The lowest BCUT2D eigenvalue weighted by Crippen LogP contribution is -2.40. The van der Waals surface area contributed by atoms with Crippen LogP contribution in [0, 0.1) is 17.8 Å². The number of hydrogen-bond donors (Lipinski definition) is 3. The van der Waals surface area contributed by atoms with Gasteiger partial charge in [0.05, 0.1) is 27.9 Å². The molecule has 4 aromatic heterocycles. The Balaban J connectivity index is 1.56. The molecule has 6 rings (SSSR count). The van der Waals surface area contributed by atoms with Crippen molar-refractivity contribution >= 4 is 45.5 Å². The van der Waals surface area contributed by atoms with Crippen LogP contribution < -0.4 is 5.32 Å². The first-order valence-electron chi connectivity index (χ1n) is 11.9. The third kappa shape index (κ3) is 3.56. The van der Waals surface area contributed by atoms with Crippen molar-refractivity contribution in [3.8, 4) is 11.4 Å². The van der Waals surface area contributed by atoms with E-state index in [9.17, 15) is 14.7 Å². The predicted molar refractivity (Wildman–Crippen MR) is 131 cm³/mol. The number of amides is 1. The second kappa shape index (κ2) is 8.34. The minimum atomic E-state index is -0.790. The number of hydrogen-bond acceptors (Lipinski definition) is 5. The van der Waals surface area contributed by atoms with E-state index in [1.54, 1.807) is 31.8 Å². The van der Waals surface area contributed by atoms with E-state index in [1.807, 2.05) is 10.6 Å². The molecule has 2 fully saturated rings. The largest absolute Gasteiger partial charge is 0.481 e. The first-order valence-corrected chi connectivity index (χ1v) is 12.3. The zero-order valence-corrected chi connectivity index (χ0v) is 19.9. The van der Waals surface area contributed by atoms with Gasteiger partial charge in [0, 0.05) is 42.8 Å². The molecule has 9 nitrogen and oxygen atoms in total. The molecule has 4 aromatic rings. The van der Waals surface area contributed by atoms with Gasteiger partial charge in [0.25, 0.3) is 5.91 Å². The van der Waals surface area contributed by atoms with Gasteiger partial charge in [0.1, 0.15) is 11.3 Å². The van der Waals surface area contributed by atoms with E-state index in [2.05, 4.69) is 20.3 Å². The van der Waals surface area contributed by atoms with Crippen LogP contribution in [-0.4, -0.2) is 48.5 Å². The Morgan fingerprint density at radius 1 is 1.20 bits per heavy atom. The summed E-state index contributed by atoms with van der Waals surface area (Å²) in [6, 6.07) is 1.54. The summed E-state index contributed by atoms with van der Waals surface area (Å²) in [7, 11) is 1.58. The molecule has 0 radical (unpaired) electrons. The number of halogens is 1. The van der Waals surface area contributed by atoms with Crippen molar-refractivity contribution < 1.29 is 14.7 Å². The van der Waals surface area contributed by atoms with Gasteiger partial charge in [0.15, 0.2) is 5.82 Å². The van der Waals surface area contributed by atoms with E-state index in [0.717, 1.165) is 36.6 Å². The van der Waals surface area contributed by atoms with Crippen LogP contribution >= 0.6 is 11.6 Å².